The Morgan fingerprint density at radius 2 is 1.92 bits per heavy atom. The Morgan fingerprint density at radius 1 is 1.16 bits per heavy atom. The molecule has 0 saturated carbocycles. The maximum atomic E-state index is 15.5. The van der Waals surface area contributed by atoms with Crippen molar-refractivity contribution in [1.29, 1.82) is 0 Å². The lowest BCUT2D eigenvalue weighted by atomic mass is 9.99. The van der Waals surface area contributed by atoms with Crippen LogP contribution in [0.15, 0.2) is 18.2 Å². The Morgan fingerprint density at radius 3 is 2.63 bits per heavy atom. The number of carbonyl (C=O) groups is 2. The van der Waals surface area contributed by atoms with Gasteiger partial charge in [0, 0.05) is 47.6 Å². The summed E-state index contributed by atoms with van der Waals surface area (Å²) >= 11 is 7.71. The van der Waals surface area contributed by atoms with Crippen molar-refractivity contribution in [2.24, 2.45) is 0 Å². The summed E-state index contributed by atoms with van der Waals surface area (Å²) in [6.45, 7) is 3.17. The third-order valence-electron chi connectivity index (χ3n) is 6.31. The summed E-state index contributed by atoms with van der Waals surface area (Å²) in [6, 6.07) is 4.91. The number of hydrogen-bond donors (Lipinski definition) is 2. The number of esters is 1. The van der Waals surface area contributed by atoms with Crippen molar-refractivity contribution >= 4 is 44.8 Å². The lowest BCUT2D eigenvalue weighted by molar-refractivity contribution is -0.143. The molecule has 3 aromatic rings. The molecule has 1 unspecified atom stereocenters. The molecule has 1 atom stereocenters. The number of halogens is 2. The van der Waals surface area contributed by atoms with Crippen LogP contribution in [0.3, 0.4) is 0 Å². The molecular formula is C27H29ClFNO7S. The van der Waals surface area contributed by atoms with Crippen molar-refractivity contribution in [1.82, 2.24) is 5.32 Å². The molecule has 0 fully saturated rings. The number of ether oxygens (including phenoxy) is 4. The van der Waals surface area contributed by atoms with E-state index in [1.165, 1.54) is 20.3 Å². The first-order valence-corrected chi connectivity index (χ1v) is 13.4. The van der Waals surface area contributed by atoms with Gasteiger partial charge in [0.05, 0.1) is 49.9 Å². The molecule has 0 radical (unpaired) electrons. The minimum absolute atomic E-state index is 0.0313. The fourth-order valence-corrected chi connectivity index (χ4v) is 5.86. The zero-order valence-electron chi connectivity index (χ0n) is 21.3. The van der Waals surface area contributed by atoms with E-state index in [1.54, 1.807) is 13.0 Å². The number of ketones is 1. The highest BCUT2D eigenvalue weighted by molar-refractivity contribution is 7.20. The fraction of sp³-hybridized carbons (Fsp3) is 0.407. The van der Waals surface area contributed by atoms with E-state index >= 15 is 4.39 Å². The van der Waals surface area contributed by atoms with Crippen molar-refractivity contribution in [3.63, 3.8) is 0 Å². The molecule has 0 amide bonds. The van der Waals surface area contributed by atoms with E-state index in [0.717, 1.165) is 22.5 Å². The van der Waals surface area contributed by atoms with Crippen LogP contribution in [0, 0.1) is 5.82 Å². The molecule has 2 aromatic carbocycles. The second-order valence-electron chi connectivity index (χ2n) is 8.67. The highest BCUT2D eigenvalue weighted by atomic mass is 35.5. The van der Waals surface area contributed by atoms with Gasteiger partial charge in [-0.2, -0.15) is 0 Å². The number of hydrogen-bond acceptors (Lipinski definition) is 9. The summed E-state index contributed by atoms with van der Waals surface area (Å²) in [5.41, 5.74) is 2.41. The quantitative estimate of drug-likeness (QED) is 0.224. The summed E-state index contributed by atoms with van der Waals surface area (Å²) < 4.78 is 37.4. The van der Waals surface area contributed by atoms with Crippen molar-refractivity contribution < 1.29 is 38.0 Å². The van der Waals surface area contributed by atoms with E-state index in [-0.39, 0.29) is 55.1 Å². The molecule has 204 valence electrons. The summed E-state index contributed by atoms with van der Waals surface area (Å²) in [5.74, 6) is -0.883. The van der Waals surface area contributed by atoms with E-state index in [2.05, 4.69) is 5.32 Å². The third kappa shape index (κ3) is 5.73. The Labute approximate surface area is 228 Å². The molecule has 0 bridgehead atoms. The van der Waals surface area contributed by atoms with Gasteiger partial charge in [0.2, 0.25) is 0 Å². The summed E-state index contributed by atoms with van der Waals surface area (Å²) in [6.07, 6.45) is -0.967. The highest BCUT2D eigenvalue weighted by Crippen LogP contribution is 2.42. The zero-order chi connectivity index (χ0) is 27.4. The van der Waals surface area contributed by atoms with E-state index in [4.69, 9.17) is 30.5 Å². The summed E-state index contributed by atoms with van der Waals surface area (Å²) in [4.78, 5) is 24.5. The van der Waals surface area contributed by atoms with Crippen molar-refractivity contribution in [3.8, 4) is 17.2 Å². The van der Waals surface area contributed by atoms with Crippen LogP contribution < -0.4 is 19.5 Å². The highest BCUT2D eigenvalue weighted by Gasteiger charge is 2.26. The van der Waals surface area contributed by atoms with Crippen LogP contribution in [0.25, 0.3) is 10.1 Å². The molecule has 0 saturated heterocycles. The van der Waals surface area contributed by atoms with Crippen LogP contribution in [0.4, 0.5) is 4.39 Å². The molecule has 1 aliphatic rings. The van der Waals surface area contributed by atoms with Gasteiger partial charge < -0.3 is 29.4 Å². The predicted molar refractivity (Wildman–Crippen MR) is 142 cm³/mol. The number of Topliss-reactive ketones (excluding diaryl/α,β-unsaturated/α-hetero) is 1. The summed E-state index contributed by atoms with van der Waals surface area (Å²) in [5, 5.41) is 14.8. The van der Waals surface area contributed by atoms with Crippen molar-refractivity contribution in [3.05, 3.63) is 50.6 Å². The minimum Gasteiger partial charge on any atom is -0.496 e. The number of thiophene rings is 1. The normalized spacial score (nSPS) is 13.3. The Kier molecular flexibility index (Phi) is 9.09. The van der Waals surface area contributed by atoms with Crippen LogP contribution in [-0.4, -0.2) is 44.3 Å². The van der Waals surface area contributed by atoms with E-state index in [9.17, 15) is 14.7 Å². The molecule has 2 N–H and O–H groups in total. The maximum Gasteiger partial charge on any atom is 0.306 e. The lowest BCUT2D eigenvalue weighted by Gasteiger charge is -2.19. The Bertz CT molecular complexity index is 1360. The topological polar surface area (TPSA) is 103 Å². The molecule has 2 heterocycles. The van der Waals surface area contributed by atoms with Gasteiger partial charge in [0.15, 0.2) is 23.1 Å². The van der Waals surface area contributed by atoms with Crippen molar-refractivity contribution in [2.75, 3.05) is 27.4 Å². The first kappa shape index (κ1) is 28.1. The second kappa shape index (κ2) is 12.3. The Balaban J connectivity index is 1.50. The largest absolute Gasteiger partial charge is 0.496 e. The molecule has 1 aliphatic heterocycles. The SMILES string of the molecule is CCOC(=O)CCC(=O)c1cc2c(F)c(OCCC(O)c3c(OC)cc4c(c3Cl)CNC4)c(OC)cc2s1. The molecule has 0 spiro atoms. The molecule has 11 heteroatoms. The average Bonchev–Trinajstić information content (AvgIpc) is 3.56. The van der Waals surface area contributed by atoms with Gasteiger partial charge in [-0.15, -0.1) is 11.3 Å². The number of aliphatic hydroxyl groups is 1. The monoisotopic (exact) mass is 565 g/mol. The van der Waals surface area contributed by atoms with Gasteiger partial charge in [-0.3, -0.25) is 9.59 Å². The molecule has 38 heavy (non-hydrogen) atoms. The van der Waals surface area contributed by atoms with E-state index < -0.39 is 17.9 Å². The minimum atomic E-state index is -1.01. The van der Waals surface area contributed by atoms with Gasteiger partial charge in [0.1, 0.15) is 5.75 Å². The standard InChI is InChI=1S/C27H29ClFNO7S/c1-4-36-23(33)6-5-17(31)22-10-15-21(38-22)11-20(35-3)27(26(15)29)37-8-7-18(32)24-19(34-2)9-14-12-30-13-16(14)25(24)28/h9-11,18,30,32H,4-8,12-13H2,1-3H3. The van der Waals surface area contributed by atoms with Gasteiger partial charge in [-0.05, 0) is 30.2 Å². The molecule has 8 nitrogen and oxygen atoms in total. The van der Waals surface area contributed by atoms with Crippen LogP contribution in [0.2, 0.25) is 5.02 Å². The maximum absolute atomic E-state index is 15.5. The number of nitrogens with one attached hydrogen (secondary N) is 1. The Hall–Kier alpha value is -2.92. The van der Waals surface area contributed by atoms with Crippen LogP contribution in [0.1, 0.15) is 58.7 Å². The zero-order valence-corrected chi connectivity index (χ0v) is 22.9. The van der Waals surface area contributed by atoms with Gasteiger partial charge >= 0.3 is 5.97 Å². The third-order valence-corrected chi connectivity index (χ3v) is 7.86. The average molecular weight is 566 g/mol. The number of rotatable bonds is 12. The first-order valence-electron chi connectivity index (χ1n) is 12.2. The van der Waals surface area contributed by atoms with Crippen LogP contribution >= 0.6 is 22.9 Å². The molecule has 0 aliphatic carbocycles. The van der Waals surface area contributed by atoms with E-state index in [1.807, 2.05) is 6.07 Å². The molecular weight excluding hydrogens is 537 g/mol. The van der Waals surface area contributed by atoms with Gasteiger partial charge in [0.25, 0.3) is 0 Å². The molecule has 4 rings (SSSR count). The molecule has 1 aromatic heterocycles. The van der Waals surface area contributed by atoms with Gasteiger partial charge in [-0.25, -0.2) is 4.39 Å². The predicted octanol–water partition coefficient (Wildman–Crippen LogP) is 5.34. The smallest absolute Gasteiger partial charge is 0.306 e. The van der Waals surface area contributed by atoms with E-state index in [0.29, 0.717) is 39.0 Å². The van der Waals surface area contributed by atoms with Crippen LogP contribution in [-0.2, 0) is 22.6 Å². The van der Waals surface area contributed by atoms with Crippen LogP contribution in [0.5, 0.6) is 17.2 Å². The first-order chi connectivity index (χ1) is 18.3. The lowest BCUT2D eigenvalue weighted by Crippen LogP contribution is -2.10. The fourth-order valence-electron chi connectivity index (χ4n) is 4.40. The van der Waals surface area contributed by atoms with Gasteiger partial charge in [-0.1, -0.05) is 11.6 Å². The number of fused-ring (bicyclic) bond motifs is 2. The number of carbonyl (C=O) groups excluding carboxylic acids is 2. The summed E-state index contributed by atoms with van der Waals surface area (Å²) in [7, 11) is 2.91. The number of benzene rings is 2. The van der Waals surface area contributed by atoms with Crippen molar-refractivity contribution in [2.45, 2.75) is 45.4 Å². The second-order valence-corrected chi connectivity index (χ2v) is 10.1. The number of methoxy groups -OCH3 is 2. The number of aliphatic hydroxyl groups excluding tert-OH is 1.